The average molecular weight is 359 g/mol. The zero-order valence-corrected chi connectivity index (χ0v) is 15.0. The number of hydrogen-bond acceptors (Lipinski definition) is 3. The van der Waals surface area contributed by atoms with E-state index in [4.69, 9.17) is 0 Å². The summed E-state index contributed by atoms with van der Waals surface area (Å²) in [5.41, 5.74) is 0.738. The fourth-order valence-electron chi connectivity index (χ4n) is 3.27. The van der Waals surface area contributed by atoms with Crippen LogP contribution in [0.4, 0.5) is 10.5 Å². The molecule has 26 heavy (non-hydrogen) atoms. The minimum Gasteiger partial charge on any atom is -0.481 e. The van der Waals surface area contributed by atoms with Crippen molar-refractivity contribution in [1.82, 2.24) is 10.2 Å². The van der Waals surface area contributed by atoms with Gasteiger partial charge in [0.1, 0.15) is 0 Å². The van der Waals surface area contributed by atoms with Crippen molar-refractivity contribution in [2.24, 2.45) is 11.3 Å². The van der Waals surface area contributed by atoms with Crippen LogP contribution < -0.4 is 10.6 Å². The van der Waals surface area contributed by atoms with Crippen molar-refractivity contribution in [3.8, 4) is 0 Å². The van der Waals surface area contributed by atoms with Crippen LogP contribution in [0, 0.1) is 11.3 Å². The van der Waals surface area contributed by atoms with Crippen LogP contribution >= 0.6 is 0 Å². The molecule has 1 unspecified atom stereocenters. The van der Waals surface area contributed by atoms with Crippen molar-refractivity contribution in [1.29, 1.82) is 0 Å². The van der Waals surface area contributed by atoms with E-state index < -0.39 is 11.4 Å². The molecular weight excluding hydrogens is 334 g/mol. The molecule has 140 valence electrons. The summed E-state index contributed by atoms with van der Waals surface area (Å²) in [5, 5.41) is 15.0. The number of carboxylic acids is 1. The van der Waals surface area contributed by atoms with Gasteiger partial charge in [-0.25, -0.2) is 4.79 Å². The maximum atomic E-state index is 12.3. The lowest BCUT2D eigenvalue weighted by Crippen LogP contribution is -2.40. The Morgan fingerprint density at radius 2 is 2.08 bits per heavy atom. The molecule has 2 aliphatic rings. The molecule has 1 saturated heterocycles. The van der Waals surface area contributed by atoms with E-state index in [0.29, 0.717) is 19.5 Å². The third-order valence-corrected chi connectivity index (χ3v) is 5.39. The second-order valence-corrected chi connectivity index (χ2v) is 7.51. The fourth-order valence-corrected chi connectivity index (χ4v) is 3.27. The zero-order valence-electron chi connectivity index (χ0n) is 15.0. The highest BCUT2D eigenvalue weighted by molar-refractivity contribution is 5.93. The van der Waals surface area contributed by atoms with Gasteiger partial charge in [0, 0.05) is 31.2 Å². The molecule has 3 N–H and O–H groups in total. The molecule has 3 rings (SSSR count). The van der Waals surface area contributed by atoms with Crippen molar-refractivity contribution < 1.29 is 19.5 Å². The van der Waals surface area contributed by atoms with Gasteiger partial charge in [-0.2, -0.15) is 0 Å². The van der Waals surface area contributed by atoms with E-state index in [1.807, 2.05) is 24.3 Å². The maximum Gasteiger partial charge on any atom is 0.317 e. The largest absolute Gasteiger partial charge is 0.481 e. The predicted molar refractivity (Wildman–Crippen MR) is 96.6 cm³/mol. The molecule has 1 aromatic rings. The number of nitrogens with zero attached hydrogens (tertiary/aromatic N) is 1. The number of aliphatic carboxylic acids is 1. The van der Waals surface area contributed by atoms with E-state index in [-0.39, 0.29) is 24.4 Å². The third-order valence-electron chi connectivity index (χ3n) is 5.39. The first-order valence-electron chi connectivity index (χ1n) is 9.03. The molecule has 0 spiro atoms. The topological polar surface area (TPSA) is 98.7 Å². The summed E-state index contributed by atoms with van der Waals surface area (Å²) >= 11 is 0. The first-order valence-corrected chi connectivity index (χ1v) is 9.03. The SMILES string of the molecule is CC1(C(=O)O)CCN(C(=O)NCc2cccc(NC(=O)C3CCC3)c2)C1. The summed E-state index contributed by atoms with van der Waals surface area (Å²) in [7, 11) is 0. The Hall–Kier alpha value is -2.57. The summed E-state index contributed by atoms with van der Waals surface area (Å²) in [4.78, 5) is 37.1. The first-order chi connectivity index (χ1) is 12.4. The lowest BCUT2D eigenvalue weighted by atomic mass is 9.85. The Bertz CT molecular complexity index is 716. The highest BCUT2D eigenvalue weighted by Gasteiger charge is 2.42. The van der Waals surface area contributed by atoms with Crippen molar-refractivity contribution in [2.75, 3.05) is 18.4 Å². The molecule has 1 aliphatic heterocycles. The number of anilines is 1. The molecule has 7 nitrogen and oxygen atoms in total. The lowest BCUT2D eigenvalue weighted by Gasteiger charge is -2.24. The molecule has 3 amide bonds. The van der Waals surface area contributed by atoms with E-state index in [1.165, 1.54) is 4.90 Å². The van der Waals surface area contributed by atoms with Crippen LogP contribution in [0.15, 0.2) is 24.3 Å². The third kappa shape index (κ3) is 3.98. The molecule has 7 heteroatoms. The van der Waals surface area contributed by atoms with Crippen LogP contribution in [0.3, 0.4) is 0 Å². The number of urea groups is 1. The highest BCUT2D eigenvalue weighted by atomic mass is 16.4. The maximum absolute atomic E-state index is 12.3. The van der Waals surface area contributed by atoms with Gasteiger partial charge >= 0.3 is 12.0 Å². The number of rotatable bonds is 5. The minimum absolute atomic E-state index is 0.0578. The van der Waals surface area contributed by atoms with E-state index in [9.17, 15) is 19.5 Å². The molecule has 1 atom stereocenters. The molecule has 2 fully saturated rings. The van der Waals surface area contributed by atoms with E-state index in [1.54, 1.807) is 6.92 Å². The van der Waals surface area contributed by atoms with Crippen molar-refractivity contribution in [3.63, 3.8) is 0 Å². The van der Waals surface area contributed by atoms with E-state index >= 15 is 0 Å². The molecule has 0 bridgehead atoms. The van der Waals surface area contributed by atoms with Crippen LogP contribution in [0.25, 0.3) is 0 Å². The van der Waals surface area contributed by atoms with Gasteiger partial charge in [0.05, 0.1) is 5.41 Å². The lowest BCUT2D eigenvalue weighted by molar-refractivity contribution is -0.147. The Balaban J connectivity index is 1.51. The van der Waals surface area contributed by atoms with Gasteiger partial charge in [0.2, 0.25) is 5.91 Å². The van der Waals surface area contributed by atoms with Gasteiger partial charge in [-0.3, -0.25) is 9.59 Å². The van der Waals surface area contributed by atoms with Crippen LogP contribution in [0.5, 0.6) is 0 Å². The normalized spacial score (nSPS) is 22.6. The smallest absolute Gasteiger partial charge is 0.317 e. The average Bonchev–Trinajstić information content (AvgIpc) is 2.95. The second kappa shape index (κ2) is 7.35. The van der Waals surface area contributed by atoms with Gasteiger partial charge in [-0.1, -0.05) is 18.6 Å². The summed E-state index contributed by atoms with van der Waals surface area (Å²) in [6.45, 7) is 2.64. The van der Waals surface area contributed by atoms with Crippen molar-refractivity contribution in [3.05, 3.63) is 29.8 Å². The molecule has 0 radical (unpaired) electrons. The van der Waals surface area contributed by atoms with Gasteiger partial charge in [-0.05, 0) is 43.9 Å². The molecule has 1 heterocycles. The predicted octanol–water partition coefficient (Wildman–Crippen LogP) is 2.43. The van der Waals surface area contributed by atoms with Crippen LogP contribution in [-0.4, -0.2) is 41.0 Å². The summed E-state index contributed by atoms with van der Waals surface area (Å²) in [6.07, 6.45) is 3.47. The number of benzene rings is 1. The van der Waals surface area contributed by atoms with Crippen molar-refractivity contribution in [2.45, 2.75) is 39.2 Å². The number of nitrogens with one attached hydrogen (secondary N) is 2. The van der Waals surface area contributed by atoms with Gasteiger partial charge < -0.3 is 20.6 Å². The van der Waals surface area contributed by atoms with Crippen molar-refractivity contribution >= 4 is 23.6 Å². The second-order valence-electron chi connectivity index (χ2n) is 7.51. The van der Waals surface area contributed by atoms with Crippen LogP contribution in [0.2, 0.25) is 0 Å². The number of hydrogen-bond donors (Lipinski definition) is 3. The molecule has 1 aromatic carbocycles. The quantitative estimate of drug-likeness (QED) is 0.752. The fraction of sp³-hybridized carbons (Fsp3) is 0.526. The van der Waals surface area contributed by atoms with Crippen LogP contribution in [-0.2, 0) is 16.1 Å². The summed E-state index contributed by atoms with van der Waals surface area (Å²) in [6, 6.07) is 7.14. The Kier molecular flexibility index (Phi) is 5.15. The molecule has 0 aromatic heterocycles. The van der Waals surface area contributed by atoms with E-state index in [2.05, 4.69) is 10.6 Å². The van der Waals surface area contributed by atoms with Gasteiger partial charge in [-0.15, -0.1) is 0 Å². The number of likely N-dealkylation sites (tertiary alicyclic amines) is 1. The standard InChI is InChI=1S/C19H25N3O4/c1-19(17(24)25)8-9-22(12-19)18(26)20-11-13-4-2-7-15(10-13)21-16(23)14-5-3-6-14/h2,4,7,10,14H,3,5-6,8-9,11-12H2,1H3,(H,20,26)(H,21,23)(H,24,25). The minimum atomic E-state index is -0.872. The Labute approximate surface area is 152 Å². The Morgan fingerprint density at radius 1 is 1.31 bits per heavy atom. The van der Waals surface area contributed by atoms with Gasteiger partial charge in [0.25, 0.3) is 0 Å². The zero-order chi connectivity index (χ0) is 18.7. The van der Waals surface area contributed by atoms with Gasteiger partial charge in [0.15, 0.2) is 0 Å². The highest BCUT2D eigenvalue weighted by Crippen LogP contribution is 2.30. The number of amides is 3. The monoisotopic (exact) mass is 359 g/mol. The first kappa shape index (κ1) is 18.2. The molecule has 1 saturated carbocycles. The summed E-state index contributed by atoms with van der Waals surface area (Å²) < 4.78 is 0. The number of carbonyl (C=O) groups is 3. The molecular formula is C19H25N3O4. The summed E-state index contributed by atoms with van der Waals surface area (Å²) in [5.74, 6) is -0.692. The van der Waals surface area contributed by atoms with E-state index in [0.717, 1.165) is 30.5 Å². The number of carboxylic acid groups (broad SMARTS) is 1. The Morgan fingerprint density at radius 3 is 2.69 bits per heavy atom. The number of carbonyl (C=O) groups excluding carboxylic acids is 2. The molecule has 1 aliphatic carbocycles. The van der Waals surface area contributed by atoms with Crippen LogP contribution in [0.1, 0.15) is 38.2 Å².